The largest absolute Gasteiger partial charge is 0.398 e. The molecular formula is C19H25N5O. The number of hydrogen-bond acceptors (Lipinski definition) is 4. The molecule has 6 nitrogen and oxygen atoms in total. The number of carbonyl (C=O) groups is 1. The van der Waals surface area contributed by atoms with Crippen LogP contribution < -0.4 is 11.5 Å². The third kappa shape index (κ3) is 5.04. The van der Waals surface area contributed by atoms with Crippen molar-refractivity contribution in [3.05, 3.63) is 53.9 Å². The van der Waals surface area contributed by atoms with Crippen molar-refractivity contribution in [2.75, 3.05) is 5.73 Å². The number of aryl methyl sites for hydroxylation is 2. The van der Waals surface area contributed by atoms with E-state index in [1.807, 2.05) is 23.7 Å². The zero-order chi connectivity index (χ0) is 18.2. The van der Waals surface area contributed by atoms with Crippen molar-refractivity contribution < 1.29 is 4.79 Å². The Bertz CT molecular complexity index is 841. The van der Waals surface area contributed by atoms with Gasteiger partial charge in [0, 0.05) is 24.0 Å². The molecular weight excluding hydrogens is 314 g/mol. The predicted molar refractivity (Wildman–Crippen MR) is 101 cm³/mol. The lowest BCUT2D eigenvalue weighted by molar-refractivity contribution is 0.1000. The summed E-state index contributed by atoms with van der Waals surface area (Å²) in [6, 6.07) is 9.01. The summed E-state index contributed by atoms with van der Waals surface area (Å²) in [5, 5.41) is 5.25. The van der Waals surface area contributed by atoms with E-state index in [9.17, 15) is 4.79 Å². The highest BCUT2D eigenvalue weighted by atomic mass is 16.1. The molecule has 0 aliphatic heterocycles. The summed E-state index contributed by atoms with van der Waals surface area (Å²) in [4.78, 5) is 14.9. The molecule has 0 fully saturated rings. The number of anilines is 1. The standard InChI is InChI=1S/C11H16N4.C8H9NO/c1-2-3-4-7-15-11-9(8-14-15)10(12)5-6-13-11;1-6-3-2-4-7(5-6)8(9)10/h5-6,8H,2-4,7H2,1H3,(H2,12,13);2-5H,1H3,(H2,9,10). The summed E-state index contributed by atoms with van der Waals surface area (Å²) in [6.45, 7) is 5.04. The van der Waals surface area contributed by atoms with Crippen LogP contribution in [0.3, 0.4) is 0 Å². The first-order valence-corrected chi connectivity index (χ1v) is 8.45. The molecule has 25 heavy (non-hydrogen) atoms. The SMILES string of the molecule is CCCCCn1ncc2c(N)ccnc21.Cc1cccc(C(N)=O)c1. The Morgan fingerprint density at radius 3 is 2.68 bits per heavy atom. The molecule has 1 aromatic carbocycles. The number of nitrogen functional groups attached to an aromatic ring is 1. The summed E-state index contributed by atoms with van der Waals surface area (Å²) >= 11 is 0. The van der Waals surface area contributed by atoms with Crippen molar-refractivity contribution >= 4 is 22.6 Å². The van der Waals surface area contributed by atoms with E-state index in [1.165, 1.54) is 12.8 Å². The monoisotopic (exact) mass is 339 g/mol. The van der Waals surface area contributed by atoms with Gasteiger partial charge in [-0.05, 0) is 31.5 Å². The quantitative estimate of drug-likeness (QED) is 0.697. The number of amides is 1. The molecule has 132 valence electrons. The van der Waals surface area contributed by atoms with E-state index < -0.39 is 0 Å². The third-order valence-electron chi connectivity index (χ3n) is 3.85. The van der Waals surface area contributed by atoms with Crippen LogP contribution in [0.4, 0.5) is 5.69 Å². The third-order valence-corrected chi connectivity index (χ3v) is 3.85. The van der Waals surface area contributed by atoms with Crippen molar-refractivity contribution in [3.8, 4) is 0 Å². The second-order valence-electron chi connectivity index (χ2n) is 5.95. The number of carbonyl (C=O) groups excluding carboxylic acids is 1. The van der Waals surface area contributed by atoms with Crippen molar-refractivity contribution in [1.29, 1.82) is 0 Å². The normalized spacial score (nSPS) is 10.3. The topological polar surface area (TPSA) is 99.8 Å². The van der Waals surface area contributed by atoms with E-state index in [0.29, 0.717) is 5.56 Å². The number of rotatable bonds is 5. The number of aromatic nitrogens is 3. The maximum atomic E-state index is 10.6. The van der Waals surface area contributed by atoms with E-state index in [0.717, 1.165) is 35.2 Å². The second-order valence-corrected chi connectivity index (χ2v) is 5.95. The van der Waals surface area contributed by atoms with Gasteiger partial charge in [0.25, 0.3) is 0 Å². The maximum absolute atomic E-state index is 10.6. The lowest BCUT2D eigenvalue weighted by Gasteiger charge is -2.01. The minimum atomic E-state index is -0.372. The number of unbranched alkanes of at least 4 members (excludes halogenated alkanes) is 2. The highest BCUT2D eigenvalue weighted by Crippen LogP contribution is 2.18. The van der Waals surface area contributed by atoms with E-state index in [2.05, 4.69) is 17.0 Å². The van der Waals surface area contributed by atoms with Gasteiger partial charge in [0.2, 0.25) is 5.91 Å². The van der Waals surface area contributed by atoms with Crippen LogP contribution in [0, 0.1) is 6.92 Å². The molecule has 2 heterocycles. The Balaban J connectivity index is 0.000000196. The highest BCUT2D eigenvalue weighted by Gasteiger charge is 2.05. The van der Waals surface area contributed by atoms with Gasteiger partial charge in [-0.1, -0.05) is 37.5 Å². The molecule has 0 radical (unpaired) electrons. The Labute approximate surface area is 147 Å². The molecule has 2 aromatic heterocycles. The summed E-state index contributed by atoms with van der Waals surface area (Å²) in [5.41, 5.74) is 14.1. The maximum Gasteiger partial charge on any atom is 0.248 e. The van der Waals surface area contributed by atoms with E-state index >= 15 is 0 Å². The molecule has 0 aliphatic rings. The van der Waals surface area contributed by atoms with E-state index in [1.54, 1.807) is 30.6 Å². The lowest BCUT2D eigenvalue weighted by atomic mass is 10.1. The average Bonchev–Trinajstić information content (AvgIpc) is 3.00. The van der Waals surface area contributed by atoms with Gasteiger partial charge >= 0.3 is 0 Å². The molecule has 3 rings (SSSR count). The summed E-state index contributed by atoms with van der Waals surface area (Å²) in [6.07, 6.45) is 7.11. The number of primary amides is 1. The van der Waals surface area contributed by atoms with Gasteiger partial charge in [0.1, 0.15) is 0 Å². The van der Waals surface area contributed by atoms with Crippen LogP contribution in [0.15, 0.2) is 42.7 Å². The fourth-order valence-electron chi connectivity index (χ4n) is 2.47. The lowest BCUT2D eigenvalue weighted by Crippen LogP contribution is -2.10. The molecule has 3 aromatic rings. The Kier molecular flexibility index (Phi) is 6.51. The molecule has 0 atom stereocenters. The van der Waals surface area contributed by atoms with Gasteiger partial charge in [-0.15, -0.1) is 0 Å². The van der Waals surface area contributed by atoms with Crippen molar-refractivity contribution in [2.24, 2.45) is 5.73 Å². The van der Waals surface area contributed by atoms with E-state index in [4.69, 9.17) is 11.5 Å². The Morgan fingerprint density at radius 1 is 1.24 bits per heavy atom. The van der Waals surface area contributed by atoms with Crippen LogP contribution in [0.1, 0.15) is 42.1 Å². The number of hydrogen-bond donors (Lipinski definition) is 2. The minimum Gasteiger partial charge on any atom is -0.398 e. The number of pyridine rings is 1. The minimum absolute atomic E-state index is 0.372. The summed E-state index contributed by atoms with van der Waals surface area (Å²) < 4.78 is 1.93. The molecule has 0 unspecified atom stereocenters. The zero-order valence-electron chi connectivity index (χ0n) is 14.8. The van der Waals surface area contributed by atoms with Crippen LogP contribution >= 0.6 is 0 Å². The Morgan fingerprint density at radius 2 is 2.04 bits per heavy atom. The number of benzene rings is 1. The molecule has 0 aliphatic carbocycles. The van der Waals surface area contributed by atoms with Crippen LogP contribution in [-0.2, 0) is 6.54 Å². The molecule has 1 amide bonds. The van der Waals surface area contributed by atoms with Gasteiger partial charge in [-0.2, -0.15) is 5.10 Å². The van der Waals surface area contributed by atoms with Gasteiger partial charge in [-0.25, -0.2) is 9.67 Å². The average molecular weight is 339 g/mol. The molecule has 0 bridgehead atoms. The van der Waals surface area contributed by atoms with Gasteiger partial charge in [0.15, 0.2) is 5.65 Å². The fourth-order valence-corrected chi connectivity index (χ4v) is 2.47. The summed E-state index contributed by atoms with van der Waals surface area (Å²) in [7, 11) is 0. The van der Waals surface area contributed by atoms with Crippen molar-refractivity contribution in [3.63, 3.8) is 0 Å². The number of nitrogens with zero attached hydrogens (tertiary/aromatic N) is 3. The molecule has 4 N–H and O–H groups in total. The Hall–Kier alpha value is -2.89. The first-order chi connectivity index (χ1) is 12.0. The molecule has 6 heteroatoms. The summed E-state index contributed by atoms with van der Waals surface area (Å²) in [5.74, 6) is -0.372. The van der Waals surface area contributed by atoms with Crippen LogP contribution in [0.5, 0.6) is 0 Å². The molecule has 0 saturated carbocycles. The van der Waals surface area contributed by atoms with Crippen molar-refractivity contribution in [2.45, 2.75) is 39.7 Å². The molecule has 0 saturated heterocycles. The van der Waals surface area contributed by atoms with Gasteiger partial charge in [-0.3, -0.25) is 4.79 Å². The first kappa shape index (κ1) is 18.4. The predicted octanol–water partition coefficient (Wildman–Crippen LogP) is 3.30. The van der Waals surface area contributed by atoms with Crippen LogP contribution in [-0.4, -0.2) is 20.7 Å². The van der Waals surface area contributed by atoms with E-state index in [-0.39, 0.29) is 5.91 Å². The van der Waals surface area contributed by atoms with Gasteiger partial charge in [0.05, 0.1) is 11.6 Å². The van der Waals surface area contributed by atoms with Gasteiger partial charge < -0.3 is 11.5 Å². The second kappa shape index (κ2) is 8.82. The number of fused-ring (bicyclic) bond motifs is 1. The highest BCUT2D eigenvalue weighted by molar-refractivity contribution is 5.92. The van der Waals surface area contributed by atoms with Crippen LogP contribution in [0.25, 0.3) is 11.0 Å². The molecule has 0 spiro atoms. The fraction of sp³-hybridized carbons (Fsp3) is 0.316. The zero-order valence-corrected chi connectivity index (χ0v) is 14.8. The van der Waals surface area contributed by atoms with Crippen LogP contribution in [0.2, 0.25) is 0 Å². The smallest absolute Gasteiger partial charge is 0.248 e. The first-order valence-electron chi connectivity index (χ1n) is 8.45. The number of nitrogens with two attached hydrogens (primary N) is 2. The van der Waals surface area contributed by atoms with Crippen molar-refractivity contribution in [1.82, 2.24) is 14.8 Å².